The van der Waals surface area contributed by atoms with Crippen LogP contribution in [0.4, 0.5) is 14.5 Å². The average molecular weight is 312 g/mol. The maximum absolute atomic E-state index is 13.9. The number of hydrogen-bond acceptors (Lipinski definition) is 3. The third-order valence-corrected chi connectivity index (χ3v) is 3.08. The van der Waals surface area contributed by atoms with Gasteiger partial charge in [-0.2, -0.15) is 4.39 Å². The maximum atomic E-state index is 13.9. The lowest BCUT2D eigenvalue weighted by Gasteiger charge is -2.05. The summed E-state index contributed by atoms with van der Waals surface area (Å²) in [7, 11) is 0. The van der Waals surface area contributed by atoms with Gasteiger partial charge in [-0.05, 0) is 23.8 Å². The van der Waals surface area contributed by atoms with Crippen molar-refractivity contribution in [2.75, 3.05) is 0 Å². The zero-order chi connectivity index (χ0) is 15.6. The van der Waals surface area contributed by atoms with Crippen LogP contribution in [0.5, 0.6) is 0 Å². The van der Waals surface area contributed by atoms with Crippen molar-refractivity contribution in [3.8, 4) is 0 Å². The van der Waals surface area contributed by atoms with Crippen molar-refractivity contribution in [2.24, 2.45) is 0 Å². The fourth-order valence-electron chi connectivity index (χ4n) is 1.81. The van der Waals surface area contributed by atoms with Crippen LogP contribution >= 0.6 is 11.6 Å². The number of rotatable bonds is 4. The van der Waals surface area contributed by atoms with Gasteiger partial charge in [0, 0.05) is 17.5 Å². The van der Waals surface area contributed by atoms with Gasteiger partial charge < -0.3 is 0 Å². The molecule has 0 N–H and O–H groups in total. The van der Waals surface area contributed by atoms with Gasteiger partial charge in [0.05, 0.1) is 10.5 Å². The van der Waals surface area contributed by atoms with E-state index in [1.54, 1.807) is 0 Å². The van der Waals surface area contributed by atoms with Crippen LogP contribution in [0, 0.1) is 21.7 Å². The normalized spacial score (nSPS) is 10.4. The molecule has 0 bridgehead atoms. The van der Waals surface area contributed by atoms with Crippen molar-refractivity contribution in [3.63, 3.8) is 0 Å². The Bertz CT molecular complexity index is 717. The summed E-state index contributed by atoms with van der Waals surface area (Å²) in [6, 6.07) is 7.52. The van der Waals surface area contributed by atoms with E-state index in [0.29, 0.717) is 22.7 Å². The van der Waals surface area contributed by atoms with E-state index in [0.717, 1.165) is 0 Å². The number of nitro benzene ring substituents is 1. The standard InChI is InChI=1S/C14H8ClF2NO3/c15-9-3-1-8(2-4-9)7-12(19)13-10(16)5-6-11(14(13)17)18(20)21/h1-6H,7H2. The zero-order valence-corrected chi connectivity index (χ0v) is 11.2. The molecular weight excluding hydrogens is 304 g/mol. The molecule has 108 valence electrons. The number of carbonyl (C=O) groups excluding carboxylic acids is 1. The summed E-state index contributed by atoms with van der Waals surface area (Å²) in [5.74, 6) is -3.47. The Balaban J connectivity index is 2.37. The second-order valence-corrected chi connectivity index (χ2v) is 4.68. The van der Waals surface area contributed by atoms with Crippen LogP contribution in [-0.4, -0.2) is 10.7 Å². The van der Waals surface area contributed by atoms with Gasteiger partial charge in [0.2, 0.25) is 5.82 Å². The molecule has 2 aromatic carbocycles. The van der Waals surface area contributed by atoms with E-state index >= 15 is 0 Å². The summed E-state index contributed by atoms with van der Waals surface area (Å²) < 4.78 is 27.5. The molecule has 2 aromatic rings. The van der Waals surface area contributed by atoms with Gasteiger partial charge in [0.15, 0.2) is 5.78 Å². The monoisotopic (exact) mass is 311 g/mol. The summed E-state index contributed by atoms with van der Waals surface area (Å²) in [5.41, 5.74) is -1.34. The van der Waals surface area contributed by atoms with Gasteiger partial charge in [-0.15, -0.1) is 0 Å². The number of ketones is 1. The Labute approximate surface area is 123 Å². The van der Waals surface area contributed by atoms with E-state index in [-0.39, 0.29) is 6.42 Å². The molecule has 0 heterocycles. The minimum Gasteiger partial charge on any atom is -0.294 e. The highest BCUT2D eigenvalue weighted by Crippen LogP contribution is 2.24. The van der Waals surface area contributed by atoms with E-state index in [4.69, 9.17) is 11.6 Å². The molecule has 2 rings (SSSR count). The molecule has 7 heteroatoms. The summed E-state index contributed by atoms with van der Waals surface area (Å²) in [6.45, 7) is 0. The first-order chi connectivity index (χ1) is 9.90. The first kappa shape index (κ1) is 15.1. The Morgan fingerprint density at radius 2 is 1.76 bits per heavy atom. The molecule has 0 unspecified atom stereocenters. The van der Waals surface area contributed by atoms with Crippen LogP contribution in [-0.2, 0) is 6.42 Å². The highest BCUT2D eigenvalue weighted by atomic mass is 35.5. The predicted molar refractivity (Wildman–Crippen MR) is 72.5 cm³/mol. The summed E-state index contributed by atoms with van der Waals surface area (Å²) in [4.78, 5) is 21.6. The van der Waals surface area contributed by atoms with E-state index in [1.807, 2.05) is 0 Å². The molecule has 0 fully saturated rings. The molecule has 0 aliphatic heterocycles. The minimum absolute atomic E-state index is 0.286. The van der Waals surface area contributed by atoms with Gasteiger partial charge in [0.1, 0.15) is 5.82 Å². The highest BCUT2D eigenvalue weighted by Gasteiger charge is 2.25. The van der Waals surface area contributed by atoms with Crippen LogP contribution in [0.2, 0.25) is 5.02 Å². The van der Waals surface area contributed by atoms with E-state index < -0.39 is 33.6 Å². The molecule has 0 aliphatic carbocycles. The van der Waals surface area contributed by atoms with E-state index in [9.17, 15) is 23.7 Å². The second kappa shape index (κ2) is 5.97. The SMILES string of the molecule is O=C(Cc1ccc(Cl)cc1)c1c(F)ccc([N+](=O)[O-])c1F. The average Bonchev–Trinajstić information content (AvgIpc) is 2.41. The Hall–Kier alpha value is -2.34. The number of nitro groups is 1. The number of benzene rings is 2. The Kier molecular flexibility index (Phi) is 4.28. The quantitative estimate of drug-likeness (QED) is 0.488. The van der Waals surface area contributed by atoms with Crippen LogP contribution in [0.3, 0.4) is 0 Å². The summed E-state index contributed by atoms with van der Waals surface area (Å²) >= 11 is 5.69. The first-order valence-corrected chi connectivity index (χ1v) is 6.18. The molecule has 4 nitrogen and oxygen atoms in total. The van der Waals surface area contributed by atoms with Crippen molar-refractivity contribution in [1.29, 1.82) is 0 Å². The zero-order valence-electron chi connectivity index (χ0n) is 10.5. The molecule has 0 spiro atoms. The molecular formula is C14H8ClF2NO3. The van der Waals surface area contributed by atoms with Crippen molar-refractivity contribution in [2.45, 2.75) is 6.42 Å². The van der Waals surface area contributed by atoms with Crippen molar-refractivity contribution in [1.82, 2.24) is 0 Å². The first-order valence-electron chi connectivity index (χ1n) is 5.80. The van der Waals surface area contributed by atoms with Crippen LogP contribution in [0.1, 0.15) is 15.9 Å². The largest absolute Gasteiger partial charge is 0.305 e. The maximum Gasteiger partial charge on any atom is 0.305 e. The van der Waals surface area contributed by atoms with Crippen molar-refractivity contribution < 1.29 is 18.5 Å². The van der Waals surface area contributed by atoms with Gasteiger partial charge in [-0.25, -0.2) is 4.39 Å². The van der Waals surface area contributed by atoms with Gasteiger partial charge in [0.25, 0.3) is 0 Å². The topological polar surface area (TPSA) is 60.2 Å². The van der Waals surface area contributed by atoms with Gasteiger partial charge in [-0.3, -0.25) is 14.9 Å². The number of carbonyl (C=O) groups is 1. The lowest BCUT2D eigenvalue weighted by Crippen LogP contribution is -2.11. The fraction of sp³-hybridized carbons (Fsp3) is 0.0714. The number of halogens is 3. The van der Waals surface area contributed by atoms with E-state index in [2.05, 4.69) is 0 Å². The number of nitrogens with zero attached hydrogens (tertiary/aromatic N) is 1. The minimum atomic E-state index is -1.46. The predicted octanol–water partition coefficient (Wildman–Crippen LogP) is 3.95. The molecule has 0 saturated carbocycles. The van der Waals surface area contributed by atoms with Gasteiger partial charge in [-0.1, -0.05) is 23.7 Å². The summed E-state index contributed by atoms with van der Waals surface area (Å²) in [5, 5.41) is 11.1. The number of hydrogen-bond donors (Lipinski definition) is 0. The molecule has 0 aromatic heterocycles. The third kappa shape index (κ3) is 3.22. The lowest BCUT2D eigenvalue weighted by atomic mass is 10.0. The Morgan fingerprint density at radius 3 is 2.33 bits per heavy atom. The molecule has 0 aliphatic rings. The molecule has 0 radical (unpaired) electrons. The molecule has 21 heavy (non-hydrogen) atoms. The molecule has 0 saturated heterocycles. The second-order valence-electron chi connectivity index (χ2n) is 4.24. The third-order valence-electron chi connectivity index (χ3n) is 2.82. The van der Waals surface area contributed by atoms with Gasteiger partial charge >= 0.3 is 5.69 Å². The van der Waals surface area contributed by atoms with Crippen molar-refractivity contribution in [3.05, 3.63) is 74.3 Å². The van der Waals surface area contributed by atoms with E-state index in [1.165, 1.54) is 24.3 Å². The lowest BCUT2D eigenvalue weighted by molar-refractivity contribution is -0.387. The van der Waals surface area contributed by atoms with Crippen LogP contribution in [0.25, 0.3) is 0 Å². The van der Waals surface area contributed by atoms with Crippen LogP contribution in [0.15, 0.2) is 36.4 Å². The Morgan fingerprint density at radius 1 is 1.14 bits per heavy atom. The highest BCUT2D eigenvalue weighted by molar-refractivity contribution is 6.30. The molecule has 0 amide bonds. The summed E-state index contributed by atoms with van der Waals surface area (Å²) in [6.07, 6.45) is -0.286. The fourth-order valence-corrected chi connectivity index (χ4v) is 1.94. The van der Waals surface area contributed by atoms with Crippen molar-refractivity contribution >= 4 is 23.1 Å². The molecule has 0 atom stereocenters. The smallest absolute Gasteiger partial charge is 0.294 e. The van der Waals surface area contributed by atoms with Crippen LogP contribution < -0.4 is 0 Å². The number of Topliss-reactive ketones (excluding diaryl/α,β-unsaturated/α-hetero) is 1.